The largest absolute Gasteiger partial charge is 0.296 e. The zero-order valence-corrected chi connectivity index (χ0v) is 15.9. The molecule has 2 atom stereocenters. The Morgan fingerprint density at radius 1 is 1.20 bits per heavy atom. The zero-order valence-electron chi connectivity index (χ0n) is 15.9. The maximum Gasteiger partial charge on any atom is 0.0738 e. The van der Waals surface area contributed by atoms with Crippen molar-refractivity contribution in [1.29, 1.82) is 0 Å². The van der Waals surface area contributed by atoms with Crippen LogP contribution >= 0.6 is 0 Å². The van der Waals surface area contributed by atoms with Crippen LogP contribution < -0.4 is 0 Å². The molecule has 0 aromatic carbocycles. The average Bonchev–Trinajstić information content (AvgIpc) is 3.02. The third kappa shape index (κ3) is 4.44. The number of nitrogens with zero attached hydrogens (tertiary/aromatic N) is 6. The fraction of sp³-hybridized carbons (Fsp3) is 0.632. The van der Waals surface area contributed by atoms with Gasteiger partial charge in [-0.15, -0.1) is 5.10 Å². The Balaban J connectivity index is 1.67. The summed E-state index contributed by atoms with van der Waals surface area (Å²) in [6.45, 7) is 11.9. The van der Waals surface area contributed by atoms with Crippen LogP contribution in [0.15, 0.2) is 24.5 Å². The highest BCUT2D eigenvalue weighted by Crippen LogP contribution is 2.23. The molecule has 2 unspecified atom stereocenters. The van der Waals surface area contributed by atoms with Gasteiger partial charge in [0, 0.05) is 57.7 Å². The van der Waals surface area contributed by atoms with Crippen molar-refractivity contribution in [2.75, 3.05) is 19.6 Å². The first kappa shape index (κ1) is 18.0. The molecule has 1 saturated heterocycles. The Kier molecular flexibility index (Phi) is 5.81. The summed E-state index contributed by atoms with van der Waals surface area (Å²) in [6.07, 6.45) is 5.10. The molecule has 136 valence electrons. The van der Waals surface area contributed by atoms with Crippen molar-refractivity contribution in [3.05, 3.63) is 41.5 Å². The van der Waals surface area contributed by atoms with E-state index < -0.39 is 0 Å². The van der Waals surface area contributed by atoms with Gasteiger partial charge < -0.3 is 0 Å². The van der Waals surface area contributed by atoms with E-state index >= 15 is 0 Å². The SMILES string of the molecule is CCC(C)C1CN(Cc2ccc(C)nc2)CCN1Cc1cnnn1C. The van der Waals surface area contributed by atoms with Gasteiger partial charge in [-0.05, 0) is 24.5 Å². The average molecular weight is 342 g/mol. The number of hydrogen-bond acceptors (Lipinski definition) is 5. The van der Waals surface area contributed by atoms with E-state index in [4.69, 9.17) is 0 Å². The van der Waals surface area contributed by atoms with Crippen molar-refractivity contribution in [1.82, 2.24) is 29.8 Å². The summed E-state index contributed by atoms with van der Waals surface area (Å²) in [5.41, 5.74) is 3.57. The van der Waals surface area contributed by atoms with Gasteiger partial charge in [-0.3, -0.25) is 19.5 Å². The summed E-state index contributed by atoms with van der Waals surface area (Å²) in [7, 11) is 1.97. The normalized spacial score (nSPS) is 20.7. The van der Waals surface area contributed by atoms with Crippen molar-refractivity contribution >= 4 is 0 Å². The monoisotopic (exact) mass is 342 g/mol. The molecule has 25 heavy (non-hydrogen) atoms. The lowest BCUT2D eigenvalue weighted by atomic mass is 9.94. The van der Waals surface area contributed by atoms with E-state index in [2.05, 4.69) is 51.1 Å². The quantitative estimate of drug-likeness (QED) is 0.806. The van der Waals surface area contributed by atoms with E-state index in [9.17, 15) is 0 Å². The van der Waals surface area contributed by atoms with Crippen LogP contribution in [0.5, 0.6) is 0 Å². The molecule has 3 rings (SSSR count). The smallest absolute Gasteiger partial charge is 0.0738 e. The molecular weight excluding hydrogens is 312 g/mol. The van der Waals surface area contributed by atoms with Gasteiger partial charge in [-0.1, -0.05) is 31.5 Å². The molecular formula is C19H30N6. The van der Waals surface area contributed by atoms with Crippen LogP contribution in [0.4, 0.5) is 0 Å². The van der Waals surface area contributed by atoms with Gasteiger partial charge in [0.2, 0.25) is 0 Å². The Labute approximate surface area is 150 Å². The molecule has 6 heteroatoms. The van der Waals surface area contributed by atoms with E-state index in [1.54, 1.807) is 0 Å². The molecule has 2 aromatic heterocycles. The first-order valence-electron chi connectivity index (χ1n) is 9.28. The zero-order chi connectivity index (χ0) is 17.8. The summed E-state index contributed by atoms with van der Waals surface area (Å²) in [5, 5.41) is 8.10. The molecule has 0 radical (unpaired) electrons. The van der Waals surface area contributed by atoms with Gasteiger partial charge in [0.15, 0.2) is 0 Å². The Morgan fingerprint density at radius 2 is 2.04 bits per heavy atom. The van der Waals surface area contributed by atoms with E-state index in [0.29, 0.717) is 12.0 Å². The van der Waals surface area contributed by atoms with Crippen LogP contribution in [-0.4, -0.2) is 55.5 Å². The van der Waals surface area contributed by atoms with Crippen molar-refractivity contribution in [3.63, 3.8) is 0 Å². The molecule has 3 heterocycles. The van der Waals surface area contributed by atoms with Crippen molar-refractivity contribution in [2.24, 2.45) is 13.0 Å². The fourth-order valence-corrected chi connectivity index (χ4v) is 3.57. The highest BCUT2D eigenvalue weighted by molar-refractivity contribution is 5.13. The summed E-state index contributed by atoms with van der Waals surface area (Å²) in [4.78, 5) is 9.61. The first-order chi connectivity index (χ1) is 12.1. The molecule has 1 aliphatic heterocycles. The van der Waals surface area contributed by atoms with Gasteiger partial charge in [-0.25, -0.2) is 0 Å². The maximum absolute atomic E-state index is 4.44. The third-order valence-electron chi connectivity index (χ3n) is 5.47. The van der Waals surface area contributed by atoms with E-state index in [-0.39, 0.29) is 0 Å². The number of rotatable bonds is 6. The minimum Gasteiger partial charge on any atom is -0.296 e. The fourth-order valence-electron chi connectivity index (χ4n) is 3.57. The van der Waals surface area contributed by atoms with Crippen LogP contribution in [-0.2, 0) is 20.1 Å². The standard InChI is InChI=1S/C19H30N6/c1-5-15(2)19-14-24(12-17-7-6-16(3)20-10-17)8-9-25(19)13-18-11-21-22-23(18)4/h6-7,10-11,15,19H,5,8-9,12-14H2,1-4H3. The molecule has 1 aliphatic rings. The van der Waals surface area contributed by atoms with Crippen molar-refractivity contribution in [2.45, 2.75) is 46.3 Å². The Bertz CT molecular complexity index is 665. The van der Waals surface area contributed by atoms with Crippen molar-refractivity contribution in [3.8, 4) is 0 Å². The second kappa shape index (κ2) is 8.06. The summed E-state index contributed by atoms with van der Waals surface area (Å²) in [6, 6.07) is 4.87. The van der Waals surface area contributed by atoms with E-state index in [0.717, 1.165) is 38.4 Å². The van der Waals surface area contributed by atoms with Gasteiger partial charge >= 0.3 is 0 Å². The lowest BCUT2D eigenvalue weighted by Crippen LogP contribution is -2.54. The Morgan fingerprint density at radius 3 is 2.68 bits per heavy atom. The van der Waals surface area contributed by atoms with Crippen LogP contribution in [0.25, 0.3) is 0 Å². The van der Waals surface area contributed by atoms with Crippen LogP contribution in [0.2, 0.25) is 0 Å². The van der Waals surface area contributed by atoms with Gasteiger partial charge in [0.05, 0.1) is 11.9 Å². The highest BCUT2D eigenvalue weighted by atomic mass is 15.4. The van der Waals surface area contributed by atoms with E-state index in [1.807, 2.05) is 31.0 Å². The second-order valence-electron chi connectivity index (χ2n) is 7.32. The van der Waals surface area contributed by atoms with Gasteiger partial charge in [-0.2, -0.15) is 0 Å². The lowest BCUT2D eigenvalue weighted by Gasteiger charge is -2.44. The second-order valence-corrected chi connectivity index (χ2v) is 7.32. The minimum absolute atomic E-state index is 0.562. The number of aryl methyl sites for hydroxylation is 2. The molecule has 0 bridgehead atoms. The van der Waals surface area contributed by atoms with Gasteiger partial charge in [0.25, 0.3) is 0 Å². The van der Waals surface area contributed by atoms with Crippen LogP contribution in [0, 0.1) is 12.8 Å². The first-order valence-corrected chi connectivity index (χ1v) is 9.28. The maximum atomic E-state index is 4.44. The van der Waals surface area contributed by atoms with Gasteiger partial charge in [0.1, 0.15) is 0 Å². The number of aromatic nitrogens is 4. The van der Waals surface area contributed by atoms with Crippen molar-refractivity contribution < 1.29 is 0 Å². The van der Waals surface area contributed by atoms with Crippen LogP contribution in [0.1, 0.15) is 37.2 Å². The number of piperazine rings is 1. The molecule has 6 nitrogen and oxygen atoms in total. The summed E-state index contributed by atoms with van der Waals surface area (Å²) in [5.74, 6) is 0.667. The number of pyridine rings is 1. The summed E-state index contributed by atoms with van der Waals surface area (Å²) >= 11 is 0. The predicted molar refractivity (Wildman–Crippen MR) is 98.9 cm³/mol. The molecule has 0 saturated carbocycles. The third-order valence-corrected chi connectivity index (χ3v) is 5.47. The summed E-state index contributed by atoms with van der Waals surface area (Å²) < 4.78 is 1.89. The molecule has 0 amide bonds. The van der Waals surface area contributed by atoms with Crippen LogP contribution in [0.3, 0.4) is 0 Å². The lowest BCUT2D eigenvalue weighted by molar-refractivity contribution is 0.0338. The number of hydrogen-bond donors (Lipinski definition) is 0. The van der Waals surface area contributed by atoms with E-state index in [1.165, 1.54) is 17.7 Å². The molecule has 2 aromatic rings. The Hall–Kier alpha value is -1.79. The molecule has 0 N–H and O–H groups in total. The molecule has 0 aliphatic carbocycles. The highest BCUT2D eigenvalue weighted by Gasteiger charge is 2.30. The minimum atomic E-state index is 0.562. The molecule has 0 spiro atoms. The molecule has 1 fully saturated rings. The topological polar surface area (TPSA) is 50.1 Å². The predicted octanol–water partition coefficient (Wildman–Crippen LogP) is 2.25.